The fourth-order valence-electron chi connectivity index (χ4n) is 3.84. The maximum Gasteiger partial charge on any atom is 0.251 e. The van der Waals surface area contributed by atoms with Gasteiger partial charge in [0.1, 0.15) is 0 Å². The number of carbonyl (C=O) groups excluding carboxylic acids is 2. The first-order valence-corrected chi connectivity index (χ1v) is 10.2. The van der Waals surface area contributed by atoms with Gasteiger partial charge in [-0.25, -0.2) is 0 Å². The lowest BCUT2D eigenvalue weighted by Crippen LogP contribution is -2.49. The average molecular weight is 389 g/mol. The van der Waals surface area contributed by atoms with Gasteiger partial charge in [-0.3, -0.25) is 14.5 Å². The van der Waals surface area contributed by atoms with Crippen LogP contribution in [-0.4, -0.2) is 87.7 Å². The molecule has 7 heteroatoms. The third-order valence-electron chi connectivity index (χ3n) is 5.67. The third kappa shape index (κ3) is 5.23. The minimum atomic E-state index is -0.107. The van der Waals surface area contributed by atoms with Gasteiger partial charge in [-0.15, -0.1) is 0 Å². The lowest BCUT2D eigenvalue weighted by molar-refractivity contribution is -0.136. The predicted octanol–water partition coefficient (Wildman–Crippen LogP) is 1.20. The Balaban J connectivity index is 1.44. The van der Waals surface area contributed by atoms with E-state index >= 15 is 0 Å². The Morgan fingerprint density at radius 2 is 1.86 bits per heavy atom. The molecule has 0 saturated carbocycles. The lowest BCUT2D eigenvalue weighted by Gasteiger charge is -2.34. The van der Waals surface area contributed by atoms with Gasteiger partial charge in [0.05, 0.1) is 19.3 Å². The van der Waals surface area contributed by atoms with E-state index in [0.717, 1.165) is 57.8 Å². The zero-order valence-electron chi connectivity index (χ0n) is 17.0. The van der Waals surface area contributed by atoms with Crippen LogP contribution in [0.5, 0.6) is 0 Å². The second-order valence-corrected chi connectivity index (χ2v) is 7.65. The van der Waals surface area contributed by atoms with Crippen molar-refractivity contribution in [2.75, 3.05) is 64.9 Å². The van der Waals surface area contributed by atoms with Gasteiger partial charge in [-0.1, -0.05) is 6.42 Å². The van der Waals surface area contributed by atoms with Crippen LogP contribution in [0.3, 0.4) is 0 Å². The third-order valence-corrected chi connectivity index (χ3v) is 5.67. The standard InChI is InChI=1S/C21H32N4O3/c1-23-11-4-3-5-19(23)21(27)24(2)12-10-22-20(26)17-6-8-18(9-7-17)25-13-15-28-16-14-25/h6-9,19H,3-5,10-16H2,1-2H3,(H,22,26)/t19-/m0/s1. The van der Waals surface area contributed by atoms with E-state index in [2.05, 4.69) is 15.1 Å². The SMILES string of the molecule is CN(CCNC(=O)c1ccc(N2CCOCC2)cc1)C(=O)[C@@H]1CCCCN1C. The van der Waals surface area contributed by atoms with Crippen molar-refractivity contribution >= 4 is 17.5 Å². The zero-order chi connectivity index (χ0) is 19.9. The van der Waals surface area contributed by atoms with Crippen molar-refractivity contribution in [2.45, 2.75) is 25.3 Å². The fourth-order valence-corrected chi connectivity index (χ4v) is 3.84. The van der Waals surface area contributed by atoms with E-state index in [0.29, 0.717) is 18.7 Å². The van der Waals surface area contributed by atoms with Crippen molar-refractivity contribution in [3.8, 4) is 0 Å². The number of likely N-dealkylation sites (N-methyl/N-ethyl adjacent to an activating group) is 2. The van der Waals surface area contributed by atoms with Crippen LogP contribution in [0.1, 0.15) is 29.6 Å². The van der Waals surface area contributed by atoms with E-state index in [1.165, 1.54) is 0 Å². The van der Waals surface area contributed by atoms with Gasteiger partial charge in [0.15, 0.2) is 0 Å². The topological polar surface area (TPSA) is 65.1 Å². The Labute approximate surface area is 167 Å². The lowest BCUT2D eigenvalue weighted by atomic mass is 10.0. The second-order valence-electron chi connectivity index (χ2n) is 7.65. The highest BCUT2D eigenvalue weighted by atomic mass is 16.5. The van der Waals surface area contributed by atoms with Crippen molar-refractivity contribution in [3.05, 3.63) is 29.8 Å². The summed E-state index contributed by atoms with van der Waals surface area (Å²) >= 11 is 0. The number of nitrogens with one attached hydrogen (secondary N) is 1. The van der Waals surface area contributed by atoms with Crippen molar-refractivity contribution < 1.29 is 14.3 Å². The normalized spacial score (nSPS) is 20.6. The highest BCUT2D eigenvalue weighted by molar-refractivity contribution is 5.94. The van der Waals surface area contributed by atoms with Crippen molar-refractivity contribution in [3.63, 3.8) is 0 Å². The molecule has 154 valence electrons. The van der Waals surface area contributed by atoms with Crippen LogP contribution in [0.15, 0.2) is 24.3 Å². The first-order chi connectivity index (χ1) is 13.6. The maximum absolute atomic E-state index is 12.6. The molecule has 0 radical (unpaired) electrons. The largest absolute Gasteiger partial charge is 0.378 e. The van der Waals surface area contributed by atoms with Crippen molar-refractivity contribution in [1.29, 1.82) is 0 Å². The Kier molecular flexibility index (Phi) is 7.28. The van der Waals surface area contributed by atoms with Crippen LogP contribution in [0.25, 0.3) is 0 Å². The number of hydrogen-bond donors (Lipinski definition) is 1. The number of piperidine rings is 1. The molecule has 2 aliphatic heterocycles. The van der Waals surface area contributed by atoms with Crippen LogP contribution in [0.4, 0.5) is 5.69 Å². The highest BCUT2D eigenvalue weighted by Gasteiger charge is 2.28. The van der Waals surface area contributed by atoms with E-state index in [4.69, 9.17) is 4.74 Å². The van der Waals surface area contributed by atoms with Crippen molar-refractivity contribution in [1.82, 2.24) is 15.1 Å². The molecular weight excluding hydrogens is 356 g/mol. The highest BCUT2D eigenvalue weighted by Crippen LogP contribution is 2.17. The molecule has 0 spiro atoms. The van der Waals surface area contributed by atoms with E-state index in [1.807, 2.05) is 38.4 Å². The molecule has 2 aliphatic rings. The van der Waals surface area contributed by atoms with Crippen LogP contribution in [0.2, 0.25) is 0 Å². The van der Waals surface area contributed by atoms with Gasteiger partial charge >= 0.3 is 0 Å². The molecule has 1 aromatic carbocycles. The van der Waals surface area contributed by atoms with Crippen LogP contribution >= 0.6 is 0 Å². The first-order valence-electron chi connectivity index (χ1n) is 10.2. The molecule has 28 heavy (non-hydrogen) atoms. The van der Waals surface area contributed by atoms with Gasteiger partial charge in [0, 0.05) is 44.5 Å². The van der Waals surface area contributed by atoms with E-state index < -0.39 is 0 Å². The molecular formula is C21H32N4O3. The molecule has 1 atom stereocenters. The Hall–Kier alpha value is -2.12. The van der Waals surface area contributed by atoms with E-state index in [9.17, 15) is 9.59 Å². The smallest absolute Gasteiger partial charge is 0.251 e. The molecule has 2 saturated heterocycles. The Morgan fingerprint density at radius 3 is 2.54 bits per heavy atom. The van der Waals surface area contributed by atoms with Gasteiger partial charge in [0.2, 0.25) is 5.91 Å². The Bertz CT molecular complexity index is 658. The number of carbonyl (C=O) groups is 2. The average Bonchev–Trinajstić information content (AvgIpc) is 2.74. The van der Waals surface area contributed by atoms with Crippen LogP contribution < -0.4 is 10.2 Å². The summed E-state index contributed by atoms with van der Waals surface area (Å²) in [6.07, 6.45) is 3.18. The first kappa shape index (κ1) is 20.6. The molecule has 0 bridgehead atoms. The van der Waals surface area contributed by atoms with E-state index in [1.54, 1.807) is 4.90 Å². The fraction of sp³-hybridized carbons (Fsp3) is 0.619. The number of nitrogens with zero attached hydrogens (tertiary/aromatic N) is 3. The number of ether oxygens (including phenoxy) is 1. The molecule has 3 rings (SSSR count). The quantitative estimate of drug-likeness (QED) is 0.793. The molecule has 0 unspecified atom stereocenters. The molecule has 2 heterocycles. The number of likely N-dealkylation sites (tertiary alicyclic amines) is 1. The monoisotopic (exact) mass is 388 g/mol. The number of benzene rings is 1. The molecule has 2 amide bonds. The number of morpholine rings is 1. The second kappa shape index (κ2) is 9.89. The zero-order valence-corrected chi connectivity index (χ0v) is 17.0. The summed E-state index contributed by atoms with van der Waals surface area (Å²) in [5.74, 6) is 0.0375. The number of anilines is 1. The molecule has 7 nitrogen and oxygen atoms in total. The van der Waals surface area contributed by atoms with Crippen LogP contribution in [0, 0.1) is 0 Å². The minimum Gasteiger partial charge on any atom is -0.378 e. The summed E-state index contributed by atoms with van der Waals surface area (Å²) in [6.45, 7) is 5.17. The summed E-state index contributed by atoms with van der Waals surface area (Å²) in [4.78, 5) is 31.1. The predicted molar refractivity (Wildman–Crippen MR) is 110 cm³/mol. The number of hydrogen-bond acceptors (Lipinski definition) is 5. The van der Waals surface area contributed by atoms with Gasteiger partial charge in [0.25, 0.3) is 5.91 Å². The molecule has 1 aromatic rings. The van der Waals surface area contributed by atoms with Gasteiger partial charge in [-0.2, -0.15) is 0 Å². The summed E-state index contributed by atoms with van der Waals surface area (Å²) < 4.78 is 5.37. The minimum absolute atomic E-state index is 0.0258. The molecule has 2 fully saturated rings. The molecule has 1 N–H and O–H groups in total. The van der Waals surface area contributed by atoms with Crippen LogP contribution in [-0.2, 0) is 9.53 Å². The summed E-state index contributed by atoms with van der Waals surface area (Å²) in [5.41, 5.74) is 1.75. The molecule has 0 aliphatic carbocycles. The summed E-state index contributed by atoms with van der Waals surface area (Å²) in [6, 6.07) is 7.64. The van der Waals surface area contributed by atoms with Gasteiger partial charge in [-0.05, 0) is 50.7 Å². The summed E-state index contributed by atoms with van der Waals surface area (Å²) in [7, 11) is 3.83. The maximum atomic E-state index is 12.6. The van der Waals surface area contributed by atoms with E-state index in [-0.39, 0.29) is 17.9 Å². The van der Waals surface area contributed by atoms with Crippen molar-refractivity contribution in [2.24, 2.45) is 0 Å². The Morgan fingerprint density at radius 1 is 1.14 bits per heavy atom. The number of amides is 2. The summed E-state index contributed by atoms with van der Waals surface area (Å²) in [5, 5.41) is 2.92. The van der Waals surface area contributed by atoms with Gasteiger partial charge < -0.3 is 19.9 Å². The number of rotatable bonds is 6. The molecule has 0 aromatic heterocycles.